The second-order valence-electron chi connectivity index (χ2n) is 5.22. The largest absolute Gasteiger partial charge is 0.496 e. The molecule has 2 rings (SSSR count). The van der Waals surface area contributed by atoms with Crippen LogP contribution < -0.4 is 10.1 Å². The van der Waals surface area contributed by atoms with Gasteiger partial charge < -0.3 is 15.0 Å². The van der Waals surface area contributed by atoms with E-state index in [1.807, 2.05) is 0 Å². The summed E-state index contributed by atoms with van der Waals surface area (Å²) in [4.78, 5) is 24.7. The van der Waals surface area contributed by atoms with Crippen molar-refractivity contribution in [1.29, 1.82) is 0 Å². The fourth-order valence-corrected chi connectivity index (χ4v) is 2.95. The Balaban J connectivity index is 1.95. The number of rotatable bonds is 4. The Kier molecular flexibility index (Phi) is 6.39. The van der Waals surface area contributed by atoms with E-state index in [2.05, 4.69) is 5.32 Å². The first-order chi connectivity index (χ1) is 10.9. The number of carbonyl (C=O) groups excluding carboxylic acids is 2. The summed E-state index contributed by atoms with van der Waals surface area (Å²) in [6.07, 6.45) is 1.28. The van der Waals surface area contributed by atoms with Gasteiger partial charge in [0.15, 0.2) is 4.84 Å². The Hall–Kier alpha value is -1.17. The lowest BCUT2D eigenvalue weighted by atomic mass is 10.0. The molecule has 0 spiro atoms. The van der Waals surface area contributed by atoms with E-state index in [4.69, 9.17) is 39.5 Å². The Labute approximate surface area is 149 Å². The molecule has 1 heterocycles. The number of halogens is 3. The molecule has 2 amide bonds. The molecule has 0 bridgehead atoms. The van der Waals surface area contributed by atoms with Crippen LogP contribution in [0, 0.1) is 0 Å². The number of likely N-dealkylation sites (tertiary alicyclic amines) is 1. The van der Waals surface area contributed by atoms with E-state index in [1.165, 1.54) is 7.11 Å². The highest BCUT2D eigenvalue weighted by Gasteiger charge is 2.27. The number of carbonyl (C=O) groups is 2. The molecule has 0 radical (unpaired) electrons. The summed E-state index contributed by atoms with van der Waals surface area (Å²) in [5.74, 6) is -0.0806. The smallest absolute Gasteiger partial charge is 0.255 e. The summed E-state index contributed by atoms with van der Waals surface area (Å²) in [6, 6.07) is 4.86. The molecular weight excluding hydrogens is 363 g/mol. The molecule has 1 fully saturated rings. The molecule has 1 aromatic rings. The standard InChI is InChI=1S/C15H17Cl3N2O3/c1-23-12-3-2-9(16)8-11(12)14(21)19-10-4-6-20(7-5-10)15(22)13(17)18/h2-3,8,10,13H,4-7H2,1H3,(H,19,21). The highest BCUT2D eigenvalue weighted by atomic mass is 35.5. The Morgan fingerprint density at radius 1 is 1.30 bits per heavy atom. The molecule has 1 saturated heterocycles. The number of methoxy groups -OCH3 is 1. The van der Waals surface area contributed by atoms with Crippen LogP contribution in [-0.2, 0) is 4.79 Å². The minimum absolute atomic E-state index is 0.0284. The van der Waals surface area contributed by atoms with E-state index < -0.39 is 4.84 Å². The van der Waals surface area contributed by atoms with Gasteiger partial charge in [-0.05, 0) is 31.0 Å². The Morgan fingerprint density at radius 2 is 1.96 bits per heavy atom. The summed E-state index contributed by atoms with van der Waals surface area (Å²) in [7, 11) is 1.50. The van der Waals surface area contributed by atoms with E-state index in [0.717, 1.165) is 0 Å². The average Bonchev–Trinajstić information content (AvgIpc) is 2.54. The number of ether oxygens (including phenoxy) is 1. The monoisotopic (exact) mass is 378 g/mol. The average molecular weight is 380 g/mol. The number of piperidine rings is 1. The molecule has 0 aromatic heterocycles. The predicted molar refractivity (Wildman–Crippen MR) is 90.6 cm³/mol. The predicted octanol–water partition coefficient (Wildman–Crippen LogP) is 2.87. The van der Waals surface area contributed by atoms with E-state index in [0.29, 0.717) is 42.3 Å². The topological polar surface area (TPSA) is 58.6 Å². The molecule has 23 heavy (non-hydrogen) atoms. The van der Waals surface area contributed by atoms with Crippen LogP contribution in [0.15, 0.2) is 18.2 Å². The van der Waals surface area contributed by atoms with Gasteiger partial charge in [-0.2, -0.15) is 0 Å². The van der Waals surface area contributed by atoms with Crippen LogP contribution in [0.2, 0.25) is 5.02 Å². The third-order valence-corrected chi connectivity index (χ3v) is 4.34. The van der Waals surface area contributed by atoms with Gasteiger partial charge in [-0.1, -0.05) is 34.8 Å². The van der Waals surface area contributed by atoms with Crippen LogP contribution in [0.3, 0.4) is 0 Å². The molecule has 1 N–H and O–H groups in total. The van der Waals surface area contributed by atoms with Crippen molar-refractivity contribution in [1.82, 2.24) is 10.2 Å². The molecule has 0 aliphatic carbocycles. The lowest BCUT2D eigenvalue weighted by Gasteiger charge is -2.32. The van der Waals surface area contributed by atoms with Crippen LogP contribution in [0.25, 0.3) is 0 Å². The molecule has 8 heteroatoms. The lowest BCUT2D eigenvalue weighted by Crippen LogP contribution is -2.47. The van der Waals surface area contributed by atoms with Crippen LogP contribution >= 0.6 is 34.8 Å². The third kappa shape index (κ3) is 4.66. The third-order valence-electron chi connectivity index (χ3n) is 3.73. The number of hydrogen-bond acceptors (Lipinski definition) is 3. The number of benzene rings is 1. The summed E-state index contributed by atoms with van der Waals surface area (Å²) >= 11 is 17.1. The first-order valence-corrected chi connectivity index (χ1v) is 8.38. The Bertz CT molecular complexity index is 587. The number of amides is 2. The normalized spacial score (nSPS) is 15.6. The quantitative estimate of drug-likeness (QED) is 0.818. The van der Waals surface area contributed by atoms with Crippen molar-refractivity contribution in [2.75, 3.05) is 20.2 Å². The van der Waals surface area contributed by atoms with E-state index in [1.54, 1.807) is 23.1 Å². The number of alkyl halides is 2. The van der Waals surface area contributed by atoms with Gasteiger partial charge in [-0.15, -0.1) is 0 Å². The summed E-state index contributed by atoms with van der Waals surface area (Å²) in [5.41, 5.74) is 0.389. The second-order valence-corrected chi connectivity index (χ2v) is 6.75. The maximum atomic E-state index is 12.4. The van der Waals surface area contributed by atoms with Gasteiger partial charge in [-0.25, -0.2) is 0 Å². The summed E-state index contributed by atoms with van der Waals surface area (Å²) < 4.78 is 5.18. The van der Waals surface area contributed by atoms with Crippen molar-refractivity contribution < 1.29 is 14.3 Å². The fourth-order valence-electron chi connectivity index (χ4n) is 2.50. The van der Waals surface area contributed by atoms with Gasteiger partial charge in [0.2, 0.25) is 0 Å². The molecule has 1 aliphatic rings. The fraction of sp³-hybridized carbons (Fsp3) is 0.467. The molecule has 0 unspecified atom stereocenters. The van der Waals surface area contributed by atoms with Crippen LogP contribution in [0.1, 0.15) is 23.2 Å². The van der Waals surface area contributed by atoms with Gasteiger partial charge >= 0.3 is 0 Å². The van der Waals surface area contributed by atoms with Gasteiger partial charge in [-0.3, -0.25) is 9.59 Å². The molecule has 126 valence electrons. The molecule has 0 atom stereocenters. The van der Waals surface area contributed by atoms with Crippen molar-refractivity contribution in [3.63, 3.8) is 0 Å². The zero-order chi connectivity index (χ0) is 17.0. The zero-order valence-electron chi connectivity index (χ0n) is 12.5. The van der Waals surface area contributed by atoms with Gasteiger partial charge in [0.1, 0.15) is 5.75 Å². The molecule has 5 nitrogen and oxygen atoms in total. The highest BCUT2D eigenvalue weighted by Crippen LogP contribution is 2.23. The van der Waals surface area contributed by atoms with Crippen molar-refractivity contribution in [3.8, 4) is 5.75 Å². The SMILES string of the molecule is COc1ccc(Cl)cc1C(=O)NC1CCN(C(=O)C(Cl)Cl)CC1. The van der Waals surface area contributed by atoms with Crippen molar-refractivity contribution in [2.24, 2.45) is 0 Å². The maximum absolute atomic E-state index is 12.4. The zero-order valence-corrected chi connectivity index (χ0v) is 14.8. The van der Waals surface area contributed by atoms with Crippen molar-refractivity contribution in [2.45, 2.75) is 23.7 Å². The number of nitrogens with zero attached hydrogens (tertiary/aromatic N) is 1. The number of hydrogen-bond donors (Lipinski definition) is 1. The maximum Gasteiger partial charge on any atom is 0.255 e. The number of nitrogens with one attached hydrogen (secondary N) is 1. The highest BCUT2D eigenvalue weighted by molar-refractivity contribution is 6.53. The van der Waals surface area contributed by atoms with Crippen LogP contribution in [0.5, 0.6) is 5.75 Å². The van der Waals surface area contributed by atoms with E-state index >= 15 is 0 Å². The molecule has 1 aromatic carbocycles. The lowest BCUT2D eigenvalue weighted by molar-refractivity contribution is -0.130. The summed E-state index contributed by atoms with van der Waals surface area (Å²) in [6.45, 7) is 1.01. The first-order valence-electron chi connectivity index (χ1n) is 7.13. The van der Waals surface area contributed by atoms with Gasteiger partial charge in [0.25, 0.3) is 11.8 Å². The summed E-state index contributed by atoms with van der Waals surface area (Å²) in [5, 5.41) is 3.41. The van der Waals surface area contributed by atoms with Gasteiger partial charge in [0, 0.05) is 24.2 Å². The molecule has 0 saturated carbocycles. The second kappa shape index (κ2) is 8.08. The van der Waals surface area contributed by atoms with Crippen LogP contribution in [-0.4, -0.2) is 47.8 Å². The Morgan fingerprint density at radius 3 is 2.52 bits per heavy atom. The molecular formula is C15H17Cl3N2O3. The van der Waals surface area contributed by atoms with Crippen molar-refractivity contribution in [3.05, 3.63) is 28.8 Å². The minimum atomic E-state index is -1.04. The first kappa shape index (κ1) is 18.2. The van der Waals surface area contributed by atoms with Crippen LogP contribution in [0.4, 0.5) is 0 Å². The van der Waals surface area contributed by atoms with E-state index in [9.17, 15) is 9.59 Å². The molecule has 1 aliphatic heterocycles. The van der Waals surface area contributed by atoms with Crippen molar-refractivity contribution >= 4 is 46.6 Å². The van der Waals surface area contributed by atoms with E-state index in [-0.39, 0.29) is 17.9 Å². The van der Waals surface area contributed by atoms with Gasteiger partial charge in [0.05, 0.1) is 12.7 Å². The minimum Gasteiger partial charge on any atom is -0.496 e.